The van der Waals surface area contributed by atoms with Gasteiger partial charge in [-0.05, 0) is 38.1 Å². The van der Waals surface area contributed by atoms with Crippen LogP contribution >= 0.6 is 0 Å². The number of piperidine rings is 1. The van der Waals surface area contributed by atoms with Crippen molar-refractivity contribution >= 4 is 5.82 Å². The van der Waals surface area contributed by atoms with Crippen LogP contribution in [0, 0.1) is 0 Å². The number of rotatable bonds is 4. The Hall–Kier alpha value is -2.34. The van der Waals surface area contributed by atoms with Crippen molar-refractivity contribution in [3.63, 3.8) is 0 Å². The summed E-state index contributed by atoms with van der Waals surface area (Å²) in [5.74, 6) is 3.09. The number of nitrogens with zero attached hydrogens (tertiary/aromatic N) is 3. The maximum atomic E-state index is 6.05. The summed E-state index contributed by atoms with van der Waals surface area (Å²) in [5.41, 5.74) is 1.14. The molecular formula is C19H24N4O2. The van der Waals surface area contributed by atoms with E-state index >= 15 is 0 Å². The smallest absolute Gasteiger partial charge is 0.161 e. The van der Waals surface area contributed by atoms with Gasteiger partial charge >= 0.3 is 0 Å². The lowest BCUT2D eigenvalue weighted by Gasteiger charge is -2.30. The number of nitrogens with one attached hydrogen (secondary N) is 1. The zero-order chi connectivity index (χ0) is 17.1. The number of hydrogen-bond donors (Lipinski definition) is 1. The Morgan fingerprint density at radius 2 is 1.96 bits per heavy atom. The van der Waals surface area contributed by atoms with Crippen LogP contribution in [-0.2, 0) is 0 Å². The minimum atomic E-state index is -0.0165. The molecule has 1 saturated heterocycles. The zero-order valence-corrected chi connectivity index (χ0v) is 14.5. The van der Waals surface area contributed by atoms with Crippen LogP contribution in [-0.4, -0.2) is 49.4 Å². The van der Waals surface area contributed by atoms with E-state index in [1.807, 2.05) is 31.3 Å². The van der Waals surface area contributed by atoms with Crippen molar-refractivity contribution in [3.05, 3.63) is 42.4 Å². The molecule has 0 saturated carbocycles. The summed E-state index contributed by atoms with van der Waals surface area (Å²) in [4.78, 5) is 11.1. The second-order valence-electron chi connectivity index (χ2n) is 6.70. The maximum Gasteiger partial charge on any atom is 0.161 e. The third-order valence-corrected chi connectivity index (χ3v) is 4.87. The molecule has 3 heterocycles. The molecule has 6 heteroatoms. The Morgan fingerprint density at radius 1 is 1.16 bits per heavy atom. The van der Waals surface area contributed by atoms with Crippen molar-refractivity contribution in [2.75, 3.05) is 38.2 Å². The maximum absolute atomic E-state index is 6.05. The summed E-state index contributed by atoms with van der Waals surface area (Å²) in [5, 5.41) is 3.40. The van der Waals surface area contributed by atoms with E-state index in [4.69, 9.17) is 9.47 Å². The molecule has 0 amide bonds. The van der Waals surface area contributed by atoms with Gasteiger partial charge < -0.3 is 19.7 Å². The fourth-order valence-electron chi connectivity index (χ4n) is 3.46. The van der Waals surface area contributed by atoms with Gasteiger partial charge in [0.2, 0.25) is 0 Å². The lowest BCUT2D eigenvalue weighted by atomic mass is 9.94. The third kappa shape index (κ3) is 3.69. The molecule has 0 radical (unpaired) electrons. The fourth-order valence-corrected chi connectivity index (χ4v) is 3.46. The predicted octanol–water partition coefficient (Wildman–Crippen LogP) is 2.22. The molecule has 1 N–H and O–H groups in total. The molecule has 1 atom stereocenters. The Morgan fingerprint density at radius 3 is 2.80 bits per heavy atom. The first-order valence-corrected chi connectivity index (χ1v) is 8.92. The van der Waals surface area contributed by atoms with Crippen molar-refractivity contribution in [1.82, 2.24) is 15.3 Å². The second-order valence-corrected chi connectivity index (χ2v) is 6.70. The van der Waals surface area contributed by atoms with Gasteiger partial charge in [0, 0.05) is 24.7 Å². The second kappa shape index (κ2) is 7.27. The number of ether oxygens (including phenoxy) is 2. The lowest BCUT2D eigenvalue weighted by molar-refractivity contribution is 0.0959. The summed E-state index contributed by atoms with van der Waals surface area (Å²) in [7, 11) is 2.04. The highest BCUT2D eigenvalue weighted by Crippen LogP contribution is 2.31. The standard InChI is InChI=1S/C19H24N4O2/c1-23(11-15-12-24-17-4-2-3-5-18(17)25-15)19-10-16(21-13-22-19)14-6-8-20-9-7-14/h2-5,10,13-15,20H,6-9,11-12H2,1H3/t15-/m1/s1. The summed E-state index contributed by atoms with van der Waals surface area (Å²) in [6, 6.07) is 9.92. The Labute approximate surface area is 148 Å². The molecule has 0 bridgehead atoms. The molecule has 4 rings (SSSR count). The van der Waals surface area contributed by atoms with E-state index < -0.39 is 0 Å². The molecule has 132 valence electrons. The summed E-state index contributed by atoms with van der Waals surface area (Å²) >= 11 is 0. The van der Waals surface area contributed by atoms with Gasteiger partial charge in [0.1, 0.15) is 18.8 Å². The Balaban J connectivity index is 1.42. The first kappa shape index (κ1) is 16.1. The molecule has 0 unspecified atom stereocenters. The number of hydrogen-bond acceptors (Lipinski definition) is 6. The topological polar surface area (TPSA) is 59.5 Å². The summed E-state index contributed by atoms with van der Waals surface area (Å²) in [6.45, 7) is 3.39. The van der Waals surface area contributed by atoms with Gasteiger partial charge in [0.15, 0.2) is 17.6 Å². The van der Waals surface area contributed by atoms with E-state index in [1.54, 1.807) is 6.33 Å². The van der Waals surface area contributed by atoms with Crippen molar-refractivity contribution in [2.24, 2.45) is 0 Å². The number of fused-ring (bicyclic) bond motifs is 1. The van der Waals surface area contributed by atoms with E-state index in [0.717, 1.165) is 55.5 Å². The molecule has 2 aromatic rings. The number of likely N-dealkylation sites (N-methyl/N-ethyl adjacent to an activating group) is 1. The van der Waals surface area contributed by atoms with Crippen LogP contribution in [0.3, 0.4) is 0 Å². The molecule has 0 aliphatic carbocycles. The highest BCUT2D eigenvalue weighted by atomic mass is 16.6. The van der Waals surface area contributed by atoms with Gasteiger partial charge in [0.25, 0.3) is 0 Å². The Kier molecular flexibility index (Phi) is 4.70. The minimum Gasteiger partial charge on any atom is -0.486 e. The monoisotopic (exact) mass is 340 g/mol. The van der Waals surface area contributed by atoms with Gasteiger partial charge in [-0.15, -0.1) is 0 Å². The van der Waals surface area contributed by atoms with Crippen molar-refractivity contribution in [1.29, 1.82) is 0 Å². The average Bonchev–Trinajstić information content (AvgIpc) is 2.69. The summed E-state index contributed by atoms with van der Waals surface area (Å²) < 4.78 is 11.9. The van der Waals surface area contributed by atoms with Crippen LogP contribution in [0.5, 0.6) is 11.5 Å². The highest BCUT2D eigenvalue weighted by molar-refractivity contribution is 5.42. The first-order chi connectivity index (χ1) is 12.3. The van der Waals surface area contributed by atoms with Crippen molar-refractivity contribution in [3.8, 4) is 11.5 Å². The summed E-state index contributed by atoms with van der Waals surface area (Å²) in [6.07, 6.45) is 3.93. The molecule has 6 nitrogen and oxygen atoms in total. The number of para-hydroxylation sites is 2. The van der Waals surface area contributed by atoms with Gasteiger partial charge in [-0.1, -0.05) is 12.1 Å². The van der Waals surface area contributed by atoms with Crippen LogP contribution in [0.4, 0.5) is 5.82 Å². The minimum absolute atomic E-state index is 0.0165. The van der Waals surface area contributed by atoms with Gasteiger partial charge in [-0.25, -0.2) is 9.97 Å². The lowest BCUT2D eigenvalue weighted by Crippen LogP contribution is -2.39. The van der Waals surface area contributed by atoms with Gasteiger partial charge in [-0.2, -0.15) is 0 Å². The molecule has 1 aromatic carbocycles. The first-order valence-electron chi connectivity index (χ1n) is 8.92. The number of aromatic nitrogens is 2. The van der Waals surface area contributed by atoms with Gasteiger partial charge in [-0.3, -0.25) is 0 Å². The molecule has 25 heavy (non-hydrogen) atoms. The van der Waals surface area contributed by atoms with E-state index in [1.165, 1.54) is 0 Å². The largest absolute Gasteiger partial charge is 0.486 e. The molecule has 0 spiro atoms. The van der Waals surface area contributed by atoms with Crippen LogP contribution < -0.4 is 19.7 Å². The highest BCUT2D eigenvalue weighted by Gasteiger charge is 2.23. The van der Waals surface area contributed by atoms with Crippen LogP contribution in [0.2, 0.25) is 0 Å². The van der Waals surface area contributed by atoms with Crippen LogP contribution in [0.15, 0.2) is 36.7 Å². The van der Waals surface area contributed by atoms with Crippen molar-refractivity contribution in [2.45, 2.75) is 24.9 Å². The number of benzene rings is 1. The Bertz CT molecular complexity index is 718. The molecule has 2 aliphatic heterocycles. The normalized spacial score (nSPS) is 20.3. The third-order valence-electron chi connectivity index (χ3n) is 4.87. The van der Waals surface area contributed by atoms with Gasteiger partial charge in [0.05, 0.1) is 6.54 Å². The molecule has 1 aromatic heterocycles. The van der Waals surface area contributed by atoms with Crippen molar-refractivity contribution < 1.29 is 9.47 Å². The average molecular weight is 340 g/mol. The fraction of sp³-hybridized carbons (Fsp3) is 0.474. The van der Waals surface area contributed by atoms with E-state index in [-0.39, 0.29) is 6.10 Å². The molecule has 2 aliphatic rings. The predicted molar refractivity (Wildman–Crippen MR) is 96.5 cm³/mol. The van der Waals surface area contributed by atoms with E-state index in [9.17, 15) is 0 Å². The van der Waals surface area contributed by atoms with E-state index in [0.29, 0.717) is 12.5 Å². The zero-order valence-electron chi connectivity index (χ0n) is 14.5. The van der Waals surface area contributed by atoms with E-state index in [2.05, 4.69) is 26.3 Å². The quantitative estimate of drug-likeness (QED) is 0.921. The molecular weight excluding hydrogens is 316 g/mol. The van der Waals surface area contributed by atoms with Crippen LogP contribution in [0.25, 0.3) is 0 Å². The SMILES string of the molecule is CN(C[C@@H]1COc2ccccc2O1)c1cc(C2CCNCC2)ncn1. The molecule has 1 fully saturated rings. The number of anilines is 1. The van der Waals surface area contributed by atoms with Crippen LogP contribution in [0.1, 0.15) is 24.5 Å².